The smallest absolute Gasteiger partial charge is 0.271 e. The second-order valence-electron chi connectivity index (χ2n) is 5.10. The number of H-pyrrole nitrogens is 1. The van der Waals surface area contributed by atoms with Crippen molar-refractivity contribution >= 4 is 5.91 Å². The molecule has 3 heterocycles. The van der Waals surface area contributed by atoms with Crippen molar-refractivity contribution in [3.05, 3.63) is 41.5 Å². The van der Waals surface area contributed by atoms with Crippen LogP contribution in [-0.4, -0.2) is 32.1 Å². The van der Waals surface area contributed by atoms with Gasteiger partial charge in [0.1, 0.15) is 5.69 Å². The van der Waals surface area contributed by atoms with Gasteiger partial charge in [-0.1, -0.05) is 0 Å². The maximum Gasteiger partial charge on any atom is 0.271 e. The van der Waals surface area contributed by atoms with Crippen LogP contribution >= 0.6 is 0 Å². The van der Waals surface area contributed by atoms with Crippen molar-refractivity contribution in [2.24, 2.45) is 7.05 Å². The highest BCUT2D eigenvalue weighted by Gasteiger charge is 2.28. The van der Waals surface area contributed by atoms with Gasteiger partial charge in [-0.05, 0) is 31.4 Å². The molecule has 1 unspecified atom stereocenters. The topological polar surface area (TPSA) is 53.9 Å². The molecule has 1 aliphatic heterocycles. The molecule has 19 heavy (non-hydrogen) atoms. The van der Waals surface area contributed by atoms with Gasteiger partial charge >= 0.3 is 0 Å². The number of aromatic amines is 1. The number of amides is 1. The summed E-state index contributed by atoms with van der Waals surface area (Å²) >= 11 is 0. The zero-order chi connectivity index (χ0) is 13.4. The minimum atomic E-state index is 0.0513. The van der Waals surface area contributed by atoms with Crippen LogP contribution in [0.3, 0.4) is 0 Å². The molecular formula is C14H18N4O. The number of hydrogen-bond acceptors (Lipinski definition) is 2. The van der Waals surface area contributed by atoms with Gasteiger partial charge in [0.05, 0.1) is 12.2 Å². The van der Waals surface area contributed by atoms with Crippen LogP contribution in [0.25, 0.3) is 0 Å². The Labute approximate surface area is 112 Å². The van der Waals surface area contributed by atoms with Crippen molar-refractivity contribution in [1.29, 1.82) is 0 Å². The molecule has 1 amide bonds. The Hall–Kier alpha value is -2.04. The molecule has 1 N–H and O–H groups in total. The summed E-state index contributed by atoms with van der Waals surface area (Å²) in [5.74, 6) is 0.0915. The van der Waals surface area contributed by atoms with Gasteiger partial charge in [-0.25, -0.2) is 0 Å². The van der Waals surface area contributed by atoms with Gasteiger partial charge in [0.15, 0.2) is 0 Å². The first-order valence-corrected chi connectivity index (χ1v) is 6.62. The summed E-state index contributed by atoms with van der Waals surface area (Å²) in [7, 11) is 1.89. The van der Waals surface area contributed by atoms with E-state index in [4.69, 9.17) is 0 Å². The van der Waals surface area contributed by atoms with E-state index in [-0.39, 0.29) is 11.9 Å². The molecular weight excluding hydrogens is 240 g/mol. The molecule has 0 saturated heterocycles. The standard InChI is InChI=1S/C14H18N4O/c1-10(12-8-16-17(2)9-12)18-7-3-4-11-5-6-15-13(11)14(18)19/h5-6,8-10,15H,3-4,7H2,1-2H3. The van der Waals surface area contributed by atoms with Crippen LogP contribution in [-0.2, 0) is 13.5 Å². The molecule has 0 saturated carbocycles. The summed E-state index contributed by atoms with van der Waals surface area (Å²) in [6.45, 7) is 2.85. The zero-order valence-corrected chi connectivity index (χ0v) is 11.3. The Morgan fingerprint density at radius 1 is 1.47 bits per heavy atom. The molecule has 1 atom stereocenters. The maximum absolute atomic E-state index is 12.6. The Bertz CT molecular complexity index is 598. The monoisotopic (exact) mass is 258 g/mol. The number of rotatable bonds is 2. The largest absolute Gasteiger partial charge is 0.357 e. The van der Waals surface area contributed by atoms with E-state index < -0.39 is 0 Å². The molecule has 0 fully saturated rings. The number of aryl methyl sites for hydroxylation is 2. The van der Waals surface area contributed by atoms with Gasteiger partial charge in [-0.3, -0.25) is 9.48 Å². The lowest BCUT2D eigenvalue weighted by Crippen LogP contribution is -2.33. The summed E-state index contributed by atoms with van der Waals surface area (Å²) < 4.78 is 1.77. The molecule has 2 aromatic heterocycles. The van der Waals surface area contributed by atoms with Crippen LogP contribution in [0, 0.1) is 0 Å². The van der Waals surface area contributed by atoms with E-state index in [1.807, 2.05) is 36.6 Å². The van der Waals surface area contributed by atoms with Crippen LogP contribution in [0.4, 0.5) is 0 Å². The first kappa shape index (κ1) is 12.0. The van der Waals surface area contributed by atoms with Crippen molar-refractivity contribution in [2.45, 2.75) is 25.8 Å². The first-order chi connectivity index (χ1) is 9.16. The minimum absolute atomic E-state index is 0.0513. The summed E-state index contributed by atoms with van der Waals surface area (Å²) in [5, 5.41) is 4.19. The number of carbonyl (C=O) groups excluding carboxylic acids is 1. The number of hydrogen-bond donors (Lipinski definition) is 1. The van der Waals surface area contributed by atoms with Crippen molar-refractivity contribution in [3.8, 4) is 0 Å². The van der Waals surface area contributed by atoms with Crippen LogP contribution in [0.5, 0.6) is 0 Å². The molecule has 2 aromatic rings. The predicted octanol–water partition coefficient (Wildman–Crippen LogP) is 1.90. The molecule has 0 aliphatic carbocycles. The lowest BCUT2D eigenvalue weighted by atomic mass is 10.1. The average molecular weight is 258 g/mol. The Morgan fingerprint density at radius 2 is 2.32 bits per heavy atom. The molecule has 0 bridgehead atoms. The summed E-state index contributed by atoms with van der Waals surface area (Å²) in [4.78, 5) is 17.6. The van der Waals surface area contributed by atoms with E-state index in [9.17, 15) is 4.79 Å². The fraction of sp³-hybridized carbons (Fsp3) is 0.429. The van der Waals surface area contributed by atoms with Crippen molar-refractivity contribution in [2.75, 3.05) is 6.54 Å². The fourth-order valence-electron chi connectivity index (χ4n) is 2.70. The van der Waals surface area contributed by atoms with Crippen molar-refractivity contribution in [3.63, 3.8) is 0 Å². The van der Waals surface area contributed by atoms with Crippen LogP contribution in [0.1, 0.15) is 41.0 Å². The number of nitrogens with one attached hydrogen (secondary N) is 1. The van der Waals surface area contributed by atoms with E-state index >= 15 is 0 Å². The van der Waals surface area contributed by atoms with Gasteiger partial charge in [-0.2, -0.15) is 5.10 Å². The Balaban J connectivity index is 1.90. The van der Waals surface area contributed by atoms with Gasteiger partial charge in [-0.15, -0.1) is 0 Å². The van der Waals surface area contributed by atoms with Gasteiger partial charge < -0.3 is 9.88 Å². The molecule has 100 valence electrons. The van der Waals surface area contributed by atoms with E-state index in [1.165, 1.54) is 0 Å². The average Bonchev–Trinajstić information content (AvgIpc) is 2.99. The number of aromatic nitrogens is 3. The highest BCUT2D eigenvalue weighted by atomic mass is 16.2. The lowest BCUT2D eigenvalue weighted by Gasteiger charge is -2.27. The van der Waals surface area contributed by atoms with Gasteiger partial charge in [0.2, 0.25) is 0 Å². The molecule has 0 aromatic carbocycles. The van der Waals surface area contributed by atoms with E-state index in [1.54, 1.807) is 4.68 Å². The summed E-state index contributed by atoms with van der Waals surface area (Å²) in [6, 6.07) is 2.06. The molecule has 0 spiro atoms. The first-order valence-electron chi connectivity index (χ1n) is 6.62. The van der Waals surface area contributed by atoms with Crippen molar-refractivity contribution < 1.29 is 4.79 Å². The van der Waals surface area contributed by atoms with Crippen molar-refractivity contribution in [1.82, 2.24) is 19.7 Å². The van der Waals surface area contributed by atoms with E-state index in [2.05, 4.69) is 17.0 Å². The highest BCUT2D eigenvalue weighted by Crippen LogP contribution is 2.26. The highest BCUT2D eigenvalue weighted by molar-refractivity contribution is 5.94. The third-order valence-corrected chi connectivity index (χ3v) is 3.83. The Morgan fingerprint density at radius 3 is 3.05 bits per heavy atom. The normalized spacial score (nSPS) is 17.2. The van der Waals surface area contributed by atoms with Crippen LogP contribution < -0.4 is 0 Å². The second kappa shape index (κ2) is 4.57. The minimum Gasteiger partial charge on any atom is -0.357 e. The maximum atomic E-state index is 12.6. The SMILES string of the molecule is CC(c1cnn(C)c1)N1CCCc2cc[nH]c2C1=O. The Kier molecular flexibility index (Phi) is 2.89. The second-order valence-corrected chi connectivity index (χ2v) is 5.10. The summed E-state index contributed by atoms with van der Waals surface area (Å²) in [5.41, 5.74) is 2.95. The zero-order valence-electron chi connectivity index (χ0n) is 11.3. The van der Waals surface area contributed by atoms with E-state index in [0.717, 1.165) is 36.2 Å². The van der Waals surface area contributed by atoms with Gasteiger partial charge in [0, 0.05) is 31.5 Å². The molecule has 5 heteroatoms. The van der Waals surface area contributed by atoms with E-state index in [0.29, 0.717) is 0 Å². The third kappa shape index (κ3) is 2.05. The summed E-state index contributed by atoms with van der Waals surface area (Å²) in [6.07, 6.45) is 7.61. The third-order valence-electron chi connectivity index (χ3n) is 3.83. The van der Waals surface area contributed by atoms with Crippen LogP contribution in [0.2, 0.25) is 0 Å². The molecule has 5 nitrogen and oxygen atoms in total. The van der Waals surface area contributed by atoms with Crippen LogP contribution in [0.15, 0.2) is 24.7 Å². The molecule has 1 aliphatic rings. The quantitative estimate of drug-likeness (QED) is 0.894. The number of carbonyl (C=O) groups is 1. The van der Waals surface area contributed by atoms with Gasteiger partial charge in [0.25, 0.3) is 5.91 Å². The predicted molar refractivity (Wildman–Crippen MR) is 71.8 cm³/mol. The molecule has 0 radical (unpaired) electrons. The lowest BCUT2D eigenvalue weighted by molar-refractivity contribution is 0.0691. The fourth-order valence-corrected chi connectivity index (χ4v) is 2.70. The molecule has 3 rings (SSSR count). The number of nitrogens with zero attached hydrogens (tertiary/aromatic N) is 3. The number of fused-ring (bicyclic) bond motifs is 1.